The zero-order chi connectivity index (χ0) is 15.1. The van der Waals surface area contributed by atoms with Crippen molar-refractivity contribution in [3.8, 4) is 0 Å². The largest absolute Gasteiger partial charge is 0.514 e. The lowest BCUT2D eigenvalue weighted by atomic mass is 9.78. The number of rotatable bonds is 3. The fraction of sp³-hybridized carbons (Fsp3) is 0.600. The van der Waals surface area contributed by atoms with Gasteiger partial charge in [0, 0.05) is 12.6 Å². The van der Waals surface area contributed by atoms with Gasteiger partial charge >= 0.3 is 7.12 Å². The molecule has 0 amide bonds. The Labute approximate surface area is 121 Å². The molecule has 1 saturated heterocycles. The number of aromatic nitrogens is 1. The number of hydrogen-bond donors (Lipinski definition) is 0. The highest BCUT2D eigenvalue weighted by Gasteiger charge is 2.52. The third-order valence-electron chi connectivity index (χ3n) is 4.23. The average Bonchev–Trinajstić information content (AvgIpc) is 2.50. The molecule has 0 saturated carbocycles. The molecule has 1 aliphatic rings. The van der Waals surface area contributed by atoms with Crippen LogP contribution < -0.4 is 5.59 Å². The van der Waals surface area contributed by atoms with Crippen LogP contribution in [-0.2, 0) is 20.5 Å². The molecule has 1 aromatic rings. The number of ketones is 1. The number of nitrogens with zero attached hydrogens (tertiary/aromatic N) is 1. The summed E-state index contributed by atoms with van der Waals surface area (Å²) in [6, 6.07) is 1.91. The van der Waals surface area contributed by atoms with E-state index in [9.17, 15) is 4.79 Å². The number of carbonyl (C=O) groups excluding carboxylic acids is 1. The molecule has 0 radical (unpaired) electrons. The first-order valence-corrected chi connectivity index (χ1v) is 6.93. The molecule has 0 atom stereocenters. The minimum Gasteiger partial charge on any atom is -0.398 e. The topological polar surface area (TPSA) is 48.4 Å². The molecule has 1 aliphatic heterocycles. The van der Waals surface area contributed by atoms with Crippen LogP contribution in [0.15, 0.2) is 12.3 Å². The predicted octanol–water partition coefficient (Wildman–Crippen LogP) is 1.82. The summed E-state index contributed by atoms with van der Waals surface area (Å²) < 4.78 is 12.1. The molecule has 0 unspecified atom stereocenters. The minimum atomic E-state index is -0.519. The van der Waals surface area contributed by atoms with E-state index in [-0.39, 0.29) is 5.78 Å². The quantitative estimate of drug-likeness (QED) is 0.789. The highest BCUT2D eigenvalue weighted by Crippen LogP contribution is 2.36. The highest BCUT2D eigenvalue weighted by atomic mass is 16.7. The second-order valence-electron chi connectivity index (χ2n) is 6.46. The third kappa shape index (κ3) is 2.65. The first kappa shape index (κ1) is 15.2. The van der Waals surface area contributed by atoms with Crippen molar-refractivity contribution >= 4 is 18.5 Å². The molecule has 0 N–H and O–H groups in total. The molecule has 1 fully saturated rings. The summed E-state index contributed by atoms with van der Waals surface area (Å²) in [4.78, 5) is 15.9. The van der Waals surface area contributed by atoms with Gasteiger partial charge in [-0.15, -0.1) is 0 Å². The van der Waals surface area contributed by atoms with Crippen LogP contribution in [0, 0.1) is 6.92 Å². The Hall–Kier alpha value is -1.20. The number of carbonyl (C=O) groups is 1. The van der Waals surface area contributed by atoms with Gasteiger partial charge in [-0.25, -0.2) is 0 Å². The van der Waals surface area contributed by atoms with Gasteiger partial charge in [-0.05, 0) is 58.7 Å². The fourth-order valence-electron chi connectivity index (χ4n) is 2.25. The molecule has 5 heteroatoms. The van der Waals surface area contributed by atoms with Gasteiger partial charge in [0.15, 0.2) is 0 Å². The Kier molecular flexibility index (Phi) is 3.78. The highest BCUT2D eigenvalue weighted by molar-refractivity contribution is 6.61. The molecular formula is C15H22BNO3. The van der Waals surface area contributed by atoms with Crippen LogP contribution in [0.2, 0.25) is 0 Å². The molecule has 108 valence electrons. The van der Waals surface area contributed by atoms with E-state index >= 15 is 0 Å². The van der Waals surface area contributed by atoms with Crippen molar-refractivity contribution < 1.29 is 14.1 Å². The van der Waals surface area contributed by atoms with Crippen LogP contribution >= 0.6 is 0 Å². The van der Waals surface area contributed by atoms with E-state index in [1.165, 1.54) is 0 Å². The Bertz CT molecular complexity index is 524. The normalized spacial score (nSPS) is 20.2. The number of Topliss-reactive ketones (excluding diaryl/α,β-unsaturated/α-hetero) is 1. The summed E-state index contributed by atoms with van der Waals surface area (Å²) >= 11 is 0. The standard InChI is InChI=1S/C15H22BNO3/c1-10-7-8-17-13(12(10)9-11(2)18)16-19-14(3,4)15(5,6)20-16/h7-8H,9H2,1-6H3. The molecule has 0 bridgehead atoms. The smallest absolute Gasteiger partial charge is 0.398 e. The Morgan fingerprint density at radius 3 is 2.30 bits per heavy atom. The summed E-state index contributed by atoms with van der Waals surface area (Å²) in [5.74, 6) is 0.110. The van der Waals surface area contributed by atoms with E-state index < -0.39 is 18.3 Å². The molecule has 2 heterocycles. The molecular weight excluding hydrogens is 253 g/mol. The molecule has 20 heavy (non-hydrogen) atoms. The van der Waals surface area contributed by atoms with E-state index in [1.807, 2.05) is 40.7 Å². The summed E-state index contributed by atoms with van der Waals surface area (Å²) in [6.07, 6.45) is 2.10. The predicted molar refractivity (Wildman–Crippen MR) is 79.1 cm³/mol. The summed E-state index contributed by atoms with van der Waals surface area (Å²) in [5, 5.41) is 0. The summed E-state index contributed by atoms with van der Waals surface area (Å²) in [7, 11) is -0.519. The first-order chi connectivity index (χ1) is 9.14. The lowest BCUT2D eigenvalue weighted by molar-refractivity contribution is -0.116. The van der Waals surface area contributed by atoms with E-state index in [0.29, 0.717) is 6.42 Å². The van der Waals surface area contributed by atoms with E-state index in [1.54, 1.807) is 13.1 Å². The Morgan fingerprint density at radius 2 is 1.80 bits per heavy atom. The molecule has 0 spiro atoms. The molecule has 2 rings (SSSR count). The number of aryl methyl sites for hydroxylation is 1. The van der Waals surface area contributed by atoms with Crippen LogP contribution in [-0.4, -0.2) is 29.1 Å². The minimum absolute atomic E-state index is 0.110. The van der Waals surface area contributed by atoms with Crippen LogP contribution in [0.1, 0.15) is 45.7 Å². The summed E-state index contributed by atoms with van der Waals surface area (Å²) in [5.41, 5.74) is 1.87. The first-order valence-electron chi connectivity index (χ1n) is 6.93. The van der Waals surface area contributed by atoms with Gasteiger partial charge in [0.2, 0.25) is 0 Å². The van der Waals surface area contributed by atoms with Crippen LogP contribution in [0.25, 0.3) is 0 Å². The van der Waals surface area contributed by atoms with Crippen LogP contribution in [0.3, 0.4) is 0 Å². The SMILES string of the molecule is CC(=O)Cc1c(C)ccnc1B1OC(C)(C)C(C)(C)O1. The lowest BCUT2D eigenvalue weighted by Gasteiger charge is -2.32. The van der Waals surface area contributed by atoms with Crippen molar-refractivity contribution in [2.24, 2.45) is 0 Å². The van der Waals surface area contributed by atoms with Gasteiger partial charge in [0.05, 0.1) is 16.8 Å². The maximum Gasteiger partial charge on any atom is 0.514 e. The molecule has 0 aliphatic carbocycles. The average molecular weight is 275 g/mol. The van der Waals surface area contributed by atoms with Crippen molar-refractivity contribution in [3.63, 3.8) is 0 Å². The van der Waals surface area contributed by atoms with Gasteiger partial charge in [0.25, 0.3) is 0 Å². The van der Waals surface area contributed by atoms with Crippen LogP contribution in [0.5, 0.6) is 0 Å². The lowest BCUT2D eigenvalue weighted by Crippen LogP contribution is -2.41. The second-order valence-corrected chi connectivity index (χ2v) is 6.46. The zero-order valence-corrected chi connectivity index (χ0v) is 13.1. The van der Waals surface area contributed by atoms with Crippen molar-refractivity contribution in [1.29, 1.82) is 0 Å². The third-order valence-corrected chi connectivity index (χ3v) is 4.23. The monoisotopic (exact) mass is 275 g/mol. The van der Waals surface area contributed by atoms with E-state index in [4.69, 9.17) is 9.31 Å². The maximum absolute atomic E-state index is 11.5. The second kappa shape index (κ2) is 4.97. The van der Waals surface area contributed by atoms with Crippen molar-refractivity contribution in [2.75, 3.05) is 0 Å². The van der Waals surface area contributed by atoms with Gasteiger partial charge in [-0.1, -0.05) is 0 Å². The zero-order valence-electron chi connectivity index (χ0n) is 13.1. The Balaban J connectivity index is 2.40. The van der Waals surface area contributed by atoms with Gasteiger partial charge < -0.3 is 9.31 Å². The maximum atomic E-state index is 11.5. The van der Waals surface area contributed by atoms with E-state index in [0.717, 1.165) is 16.7 Å². The van der Waals surface area contributed by atoms with Crippen molar-refractivity contribution in [3.05, 3.63) is 23.4 Å². The van der Waals surface area contributed by atoms with Crippen molar-refractivity contribution in [2.45, 2.75) is 59.2 Å². The molecule has 1 aromatic heterocycles. The Morgan fingerprint density at radius 1 is 1.25 bits per heavy atom. The number of pyridine rings is 1. The fourth-order valence-corrected chi connectivity index (χ4v) is 2.25. The van der Waals surface area contributed by atoms with Gasteiger partial charge in [-0.3, -0.25) is 9.78 Å². The van der Waals surface area contributed by atoms with Crippen molar-refractivity contribution in [1.82, 2.24) is 4.98 Å². The summed E-state index contributed by atoms with van der Waals surface area (Å²) in [6.45, 7) is 11.6. The van der Waals surface area contributed by atoms with Crippen LogP contribution in [0.4, 0.5) is 0 Å². The van der Waals surface area contributed by atoms with Gasteiger partial charge in [0.1, 0.15) is 5.78 Å². The number of hydrogen-bond acceptors (Lipinski definition) is 4. The molecule has 4 nitrogen and oxygen atoms in total. The van der Waals surface area contributed by atoms with E-state index in [2.05, 4.69) is 4.98 Å². The van der Waals surface area contributed by atoms with Gasteiger partial charge in [-0.2, -0.15) is 0 Å². The molecule has 0 aromatic carbocycles.